The van der Waals surface area contributed by atoms with E-state index in [-0.39, 0.29) is 12.2 Å². The van der Waals surface area contributed by atoms with Gasteiger partial charge in [-0.25, -0.2) is 0 Å². The summed E-state index contributed by atoms with van der Waals surface area (Å²) in [5.74, 6) is -0.420. The fraction of sp³-hybridized carbons (Fsp3) is 0.385. The van der Waals surface area contributed by atoms with Crippen molar-refractivity contribution in [1.29, 1.82) is 0 Å². The molecule has 2 atom stereocenters. The SMILES string of the molecule is CSC[C@H](N)C(=O)N[C@@H](Cc1ccc(O)cc1)C(N)=O. The molecule has 0 saturated carbocycles. The Morgan fingerprint density at radius 2 is 1.95 bits per heavy atom. The summed E-state index contributed by atoms with van der Waals surface area (Å²) in [7, 11) is 0. The molecular formula is C13H19N3O3S. The minimum absolute atomic E-state index is 0.135. The van der Waals surface area contributed by atoms with Gasteiger partial charge in [0.25, 0.3) is 0 Å². The molecule has 0 aliphatic carbocycles. The molecule has 1 aromatic carbocycles. The van der Waals surface area contributed by atoms with Crippen LogP contribution in [0.3, 0.4) is 0 Å². The summed E-state index contributed by atoms with van der Waals surface area (Å²) in [6, 6.07) is 4.86. The largest absolute Gasteiger partial charge is 0.508 e. The number of nitrogens with one attached hydrogen (secondary N) is 1. The number of phenols is 1. The first-order valence-electron chi connectivity index (χ1n) is 6.06. The topological polar surface area (TPSA) is 118 Å². The van der Waals surface area contributed by atoms with E-state index in [0.717, 1.165) is 5.56 Å². The zero-order valence-corrected chi connectivity index (χ0v) is 12.0. The van der Waals surface area contributed by atoms with Crippen LogP contribution in [-0.4, -0.2) is 41.0 Å². The Balaban J connectivity index is 2.67. The molecule has 1 rings (SSSR count). The molecule has 6 nitrogen and oxygen atoms in total. The molecule has 0 fully saturated rings. The quantitative estimate of drug-likeness (QED) is 0.546. The Bertz CT molecular complexity index is 464. The van der Waals surface area contributed by atoms with Crippen molar-refractivity contribution in [3.8, 4) is 5.75 Å². The number of thioether (sulfide) groups is 1. The highest BCUT2D eigenvalue weighted by atomic mass is 32.2. The average molecular weight is 297 g/mol. The number of carbonyl (C=O) groups is 2. The first-order chi connectivity index (χ1) is 9.43. The van der Waals surface area contributed by atoms with Crippen LogP contribution in [-0.2, 0) is 16.0 Å². The molecule has 0 unspecified atom stereocenters. The van der Waals surface area contributed by atoms with Crippen LogP contribution < -0.4 is 16.8 Å². The smallest absolute Gasteiger partial charge is 0.240 e. The number of amides is 2. The van der Waals surface area contributed by atoms with Gasteiger partial charge in [-0.3, -0.25) is 9.59 Å². The standard InChI is InChI=1S/C13H19N3O3S/c1-20-7-10(14)13(19)16-11(12(15)18)6-8-2-4-9(17)5-3-8/h2-5,10-11,17H,6-7,14H2,1H3,(H2,15,18)(H,16,19)/t10-,11-/m0/s1. The van der Waals surface area contributed by atoms with Gasteiger partial charge in [-0.1, -0.05) is 12.1 Å². The molecule has 0 spiro atoms. The molecule has 0 aliphatic rings. The van der Waals surface area contributed by atoms with Crippen LogP contribution in [0.1, 0.15) is 5.56 Å². The Morgan fingerprint density at radius 3 is 2.45 bits per heavy atom. The molecule has 0 aromatic heterocycles. The lowest BCUT2D eigenvalue weighted by Crippen LogP contribution is -2.52. The Kier molecular flexibility index (Phi) is 6.33. The van der Waals surface area contributed by atoms with Gasteiger partial charge in [-0.15, -0.1) is 0 Å². The summed E-state index contributed by atoms with van der Waals surface area (Å²) in [6.45, 7) is 0. The molecule has 0 aliphatic heterocycles. The number of carbonyl (C=O) groups excluding carboxylic acids is 2. The summed E-state index contributed by atoms with van der Waals surface area (Å²) in [6.07, 6.45) is 2.10. The number of nitrogens with two attached hydrogens (primary N) is 2. The second-order valence-corrected chi connectivity index (χ2v) is 5.31. The second-order valence-electron chi connectivity index (χ2n) is 4.40. The van der Waals surface area contributed by atoms with Crippen molar-refractivity contribution in [2.45, 2.75) is 18.5 Å². The van der Waals surface area contributed by atoms with Crippen LogP contribution >= 0.6 is 11.8 Å². The lowest BCUT2D eigenvalue weighted by Gasteiger charge is -2.18. The average Bonchev–Trinajstić information content (AvgIpc) is 2.40. The Morgan fingerprint density at radius 1 is 1.35 bits per heavy atom. The molecule has 1 aromatic rings. The number of aromatic hydroxyl groups is 1. The van der Waals surface area contributed by atoms with E-state index in [1.807, 2.05) is 6.26 Å². The van der Waals surface area contributed by atoms with Crippen molar-refractivity contribution >= 4 is 23.6 Å². The Hall–Kier alpha value is -1.73. The molecule has 110 valence electrons. The number of rotatable bonds is 7. The summed E-state index contributed by atoms with van der Waals surface area (Å²) >= 11 is 1.45. The molecule has 0 heterocycles. The van der Waals surface area contributed by atoms with Crippen LogP contribution in [0.15, 0.2) is 24.3 Å². The lowest BCUT2D eigenvalue weighted by molar-refractivity contribution is -0.127. The van der Waals surface area contributed by atoms with Crippen LogP contribution in [0, 0.1) is 0 Å². The second kappa shape index (κ2) is 7.76. The van der Waals surface area contributed by atoms with E-state index in [1.54, 1.807) is 12.1 Å². The number of hydrogen-bond donors (Lipinski definition) is 4. The molecule has 0 radical (unpaired) electrons. The van der Waals surface area contributed by atoms with Crippen LogP contribution in [0.2, 0.25) is 0 Å². The zero-order chi connectivity index (χ0) is 15.1. The van der Waals surface area contributed by atoms with Gasteiger partial charge in [0, 0.05) is 12.2 Å². The van der Waals surface area contributed by atoms with Gasteiger partial charge in [0.2, 0.25) is 11.8 Å². The number of phenolic OH excluding ortho intramolecular Hbond substituents is 1. The zero-order valence-electron chi connectivity index (χ0n) is 11.2. The van der Waals surface area contributed by atoms with Gasteiger partial charge in [-0.2, -0.15) is 11.8 Å². The van der Waals surface area contributed by atoms with Gasteiger partial charge in [0.05, 0.1) is 6.04 Å². The molecule has 0 saturated heterocycles. The predicted octanol–water partition coefficient (Wildman–Crippen LogP) is -0.405. The van der Waals surface area contributed by atoms with E-state index in [1.165, 1.54) is 23.9 Å². The minimum atomic E-state index is -0.819. The highest BCUT2D eigenvalue weighted by Gasteiger charge is 2.21. The molecule has 6 N–H and O–H groups in total. The van der Waals surface area contributed by atoms with Crippen LogP contribution in [0.4, 0.5) is 0 Å². The summed E-state index contributed by atoms with van der Waals surface area (Å²) in [5.41, 5.74) is 11.7. The predicted molar refractivity (Wildman–Crippen MR) is 79.3 cm³/mol. The van der Waals surface area contributed by atoms with E-state index in [9.17, 15) is 14.7 Å². The van der Waals surface area contributed by atoms with E-state index in [2.05, 4.69) is 5.32 Å². The van der Waals surface area contributed by atoms with E-state index >= 15 is 0 Å². The van der Waals surface area contributed by atoms with Gasteiger partial charge < -0.3 is 21.9 Å². The molecule has 2 amide bonds. The Labute approximate surface area is 121 Å². The maximum absolute atomic E-state index is 11.8. The maximum atomic E-state index is 11.8. The molecular weight excluding hydrogens is 278 g/mol. The number of benzene rings is 1. The van der Waals surface area contributed by atoms with E-state index < -0.39 is 23.9 Å². The third kappa shape index (κ3) is 5.10. The first kappa shape index (κ1) is 16.3. The fourth-order valence-electron chi connectivity index (χ4n) is 1.62. The van der Waals surface area contributed by atoms with Gasteiger partial charge in [-0.05, 0) is 24.0 Å². The highest BCUT2D eigenvalue weighted by Crippen LogP contribution is 2.11. The molecule has 0 bridgehead atoms. The molecule has 7 heteroatoms. The fourth-order valence-corrected chi connectivity index (χ4v) is 2.13. The van der Waals surface area contributed by atoms with E-state index in [0.29, 0.717) is 5.75 Å². The van der Waals surface area contributed by atoms with Crippen molar-refractivity contribution < 1.29 is 14.7 Å². The van der Waals surface area contributed by atoms with Crippen LogP contribution in [0.5, 0.6) is 5.75 Å². The normalized spacial score (nSPS) is 13.5. The lowest BCUT2D eigenvalue weighted by atomic mass is 10.0. The van der Waals surface area contributed by atoms with Crippen LogP contribution in [0.25, 0.3) is 0 Å². The van der Waals surface area contributed by atoms with Crippen molar-refractivity contribution in [3.05, 3.63) is 29.8 Å². The monoisotopic (exact) mass is 297 g/mol. The van der Waals surface area contributed by atoms with Crippen molar-refractivity contribution in [2.24, 2.45) is 11.5 Å². The van der Waals surface area contributed by atoms with Crippen molar-refractivity contribution in [1.82, 2.24) is 5.32 Å². The minimum Gasteiger partial charge on any atom is -0.508 e. The van der Waals surface area contributed by atoms with E-state index in [4.69, 9.17) is 11.5 Å². The first-order valence-corrected chi connectivity index (χ1v) is 7.45. The van der Waals surface area contributed by atoms with Gasteiger partial charge >= 0.3 is 0 Å². The maximum Gasteiger partial charge on any atom is 0.240 e. The van der Waals surface area contributed by atoms with Crippen molar-refractivity contribution in [3.63, 3.8) is 0 Å². The number of hydrogen-bond acceptors (Lipinski definition) is 5. The molecule has 20 heavy (non-hydrogen) atoms. The van der Waals surface area contributed by atoms with Gasteiger partial charge in [0.1, 0.15) is 11.8 Å². The third-order valence-corrected chi connectivity index (χ3v) is 3.41. The van der Waals surface area contributed by atoms with Crippen molar-refractivity contribution in [2.75, 3.05) is 12.0 Å². The highest BCUT2D eigenvalue weighted by molar-refractivity contribution is 7.98. The summed E-state index contributed by atoms with van der Waals surface area (Å²) < 4.78 is 0. The summed E-state index contributed by atoms with van der Waals surface area (Å²) in [4.78, 5) is 23.2. The van der Waals surface area contributed by atoms with Gasteiger partial charge in [0.15, 0.2) is 0 Å². The third-order valence-electron chi connectivity index (χ3n) is 2.72. The summed E-state index contributed by atoms with van der Waals surface area (Å²) in [5, 5.41) is 11.7. The number of primary amides is 1.